The molecule has 0 aliphatic carbocycles. The molecule has 0 saturated carbocycles. The van der Waals surface area contributed by atoms with E-state index in [0.717, 1.165) is 64.7 Å². The monoisotopic (exact) mass is 340 g/mol. The summed E-state index contributed by atoms with van der Waals surface area (Å²) in [5, 5.41) is 6.30. The fourth-order valence-electron chi connectivity index (χ4n) is 2.07. The van der Waals surface area contributed by atoms with Crippen molar-refractivity contribution in [2.45, 2.75) is 66.2 Å². The van der Waals surface area contributed by atoms with Crippen LogP contribution in [-0.2, 0) is 0 Å². The van der Waals surface area contributed by atoms with Crippen molar-refractivity contribution in [1.82, 2.24) is 10.6 Å². The van der Waals surface area contributed by atoms with Crippen LogP contribution in [0.1, 0.15) is 66.2 Å². The van der Waals surface area contributed by atoms with E-state index < -0.39 is 0 Å². The highest BCUT2D eigenvalue weighted by Crippen LogP contribution is 2.01. The fourth-order valence-corrected chi connectivity index (χ4v) is 2.07. The maximum Gasteiger partial charge on any atom is 0.188 e. The zero-order chi connectivity index (χ0) is 18.2. The Labute approximate surface area is 149 Å². The van der Waals surface area contributed by atoms with Crippen LogP contribution >= 0.6 is 0 Å². The van der Waals surface area contributed by atoms with Gasteiger partial charge in [-0.3, -0.25) is 9.98 Å². The van der Waals surface area contributed by atoms with E-state index in [1.807, 2.05) is 0 Å². The van der Waals surface area contributed by atoms with Gasteiger partial charge in [0.2, 0.25) is 0 Å². The third-order valence-corrected chi connectivity index (χ3v) is 3.69. The van der Waals surface area contributed by atoms with E-state index in [9.17, 15) is 0 Å². The van der Waals surface area contributed by atoms with Gasteiger partial charge in [-0.2, -0.15) is 0 Å². The first kappa shape index (κ1) is 22.5. The van der Waals surface area contributed by atoms with Gasteiger partial charge in [0.15, 0.2) is 11.9 Å². The quantitative estimate of drug-likeness (QED) is 0.235. The normalized spacial score (nSPS) is 12.9. The maximum absolute atomic E-state index is 5.81. The zero-order valence-electron chi connectivity index (χ0n) is 16.3. The van der Waals surface area contributed by atoms with Crippen LogP contribution in [0, 0.1) is 11.8 Å². The zero-order valence-corrected chi connectivity index (χ0v) is 16.3. The molecular weight excluding hydrogens is 300 g/mol. The summed E-state index contributed by atoms with van der Waals surface area (Å²) in [6, 6.07) is 0. The van der Waals surface area contributed by atoms with Crippen LogP contribution in [0.5, 0.6) is 0 Å². The van der Waals surface area contributed by atoms with E-state index in [-0.39, 0.29) is 0 Å². The first-order valence-corrected chi connectivity index (χ1v) is 9.49. The van der Waals surface area contributed by atoms with Crippen molar-refractivity contribution >= 4 is 11.9 Å². The highest BCUT2D eigenvalue weighted by molar-refractivity contribution is 5.78. The number of unbranched alkanes of at least 4 members (excludes halogenated alkanes) is 3. The summed E-state index contributed by atoms with van der Waals surface area (Å²) in [7, 11) is 0. The van der Waals surface area contributed by atoms with Crippen molar-refractivity contribution in [2.24, 2.45) is 33.3 Å². The molecule has 0 heterocycles. The Morgan fingerprint density at radius 1 is 0.708 bits per heavy atom. The second kappa shape index (κ2) is 15.1. The summed E-state index contributed by atoms with van der Waals surface area (Å²) in [6.07, 6.45) is 6.67. The van der Waals surface area contributed by atoms with Gasteiger partial charge in [-0.15, -0.1) is 0 Å². The Balaban J connectivity index is 3.49. The number of nitrogens with two attached hydrogens (primary N) is 2. The number of hydrogen-bond donors (Lipinski definition) is 4. The van der Waals surface area contributed by atoms with E-state index in [4.69, 9.17) is 11.5 Å². The summed E-state index contributed by atoms with van der Waals surface area (Å²) in [6.45, 7) is 12.2. The third kappa shape index (κ3) is 16.9. The minimum Gasteiger partial charge on any atom is -0.370 e. The Kier molecular flexibility index (Phi) is 14.2. The van der Waals surface area contributed by atoms with Gasteiger partial charge >= 0.3 is 0 Å². The molecule has 0 spiro atoms. The molecule has 6 nitrogen and oxygen atoms in total. The molecule has 24 heavy (non-hydrogen) atoms. The lowest BCUT2D eigenvalue weighted by Gasteiger charge is -2.07. The number of nitrogens with one attached hydrogen (secondary N) is 2. The van der Waals surface area contributed by atoms with E-state index in [2.05, 4.69) is 48.3 Å². The van der Waals surface area contributed by atoms with Crippen LogP contribution in [0.2, 0.25) is 0 Å². The molecular formula is C18H40N6. The number of nitrogens with zero attached hydrogens (tertiary/aromatic N) is 2. The lowest BCUT2D eigenvalue weighted by atomic mass is 10.1. The summed E-state index contributed by atoms with van der Waals surface area (Å²) in [5.74, 6) is 2.51. The first-order valence-electron chi connectivity index (χ1n) is 9.49. The summed E-state index contributed by atoms with van der Waals surface area (Å²) >= 11 is 0. The number of rotatable bonds is 13. The molecule has 6 N–H and O–H groups in total. The smallest absolute Gasteiger partial charge is 0.188 e. The topological polar surface area (TPSA) is 101 Å². The van der Waals surface area contributed by atoms with Gasteiger partial charge in [-0.1, -0.05) is 40.5 Å². The van der Waals surface area contributed by atoms with Gasteiger partial charge in [0.05, 0.1) is 0 Å². The molecule has 0 unspecified atom stereocenters. The predicted molar refractivity (Wildman–Crippen MR) is 106 cm³/mol. The molecule has 0 amide bonds. The molecule has 0 aromatic heterocycles. The van der Waals surface area contributed by atoms with Crippen LogP contribution < -0.4 is 22.1 Å². The molecule has 0 aromatic rings. The van der Waals surface area contributed by atoms with Crippen molar-refractivity contribution in [1.29, 1.82) is 0 Å². The number of hydrogen-bond acceptors (Lipinski definition) is 2. The van der Waals surface area contributed by atoms with Crippen LogP contribution in [0.4, 0.5) is 0 Å². The highest BCUT2D eigenvalue weighted by atomic mass is 15.1. The fraction of sp³-hybridized carbons (Fsp3) is 0.889. The average molecular weight is 341 g/mol. The van der Waals surface area contributed by atoms with Crippen molar-refractivity contribution in [2.75, 3.05) is 26.2 Å². The Bertz CT molecular complexity index is 315. The molecule has 0 rings (SSSR count). The highest BCUT2D eigenvalue weighted by Gasteiger charge is 1.96. The Morgan fingerprint density at radius 2 is 1.08 bits per heavy atom. The van der Waals surface area contributed by atoms with Crippen LogP contribution in [0.25, 0.3) is 0 Å². The van der Waals surface area contributed by atoms with Gasteiger partial charge in [0.1, 0.15) is 0 Å². The Hall–Kier alpha value is -1.46. The average Bonchev–Trinajstić information content (AvgIpc) is 2.49. The minimum atomic E-state index is 0.570. The van der Waals surface area contributed by atoms with E-state index in [1.165, 1.54) is 0 Å². The minimum absolute atomic E-state index is 0.570. The molecule has 6 heteroatoms. The molecule has 142 valence electrons. The molecule has 0 bridgehead atoms. The van der Waals surface area contributed by atoms with Gasteiger partial charge < -0.3 is 22.1 Å². The van der Waals surface area contributed by atoms with Gasteiger partial charge in [-0.25, -0.2) is 0 Å². The third-order valence-electron chi connectivity index (χ3n) is 3.69. The summed E-state index contributed by atoms with van der Waals surface area (Å²) in [5.41, 5.74) is 11.6. The molecule has 0 aliphatic heterocycles. The van der Waals surface area contributed by atoms with E-state index >= 15 is 0 Å². The predicted octanol–water partition coefficient (Wildman–Crippen LogP) is 2.45. The molecule has 0 fully saturated rings. The second-order valence-corrected chi connectivity index (χ2v) is 7.17. The summed E-state index contributed by atoms with van der Waals surface area (Å²) in [4.78, 5) is 8.68. The number of guanidine groups is 2. The molecule has 0 radical (unpaired) electrons. The first-order chi connectivity index (χ1) is 11.4. The van der Waals surface area contributed by atoms with Crippen LogP contribution in [0.3, 0.4) is 0 Å². The SMILES string of the molecule is CC(C)CCNC(N)=NCCCCCCN=C(N)NCCC(C)C. The molecule has 0 atom stereocenters. The molecule has 0 aliphatic rings. The van der Waals surface area contributed by atoms with Crippen molar-refractivity contribution in [3.8, 4) is 0 Å². The standard InChI is InChI=1S/C18H40N6/c1-15(2)9-13-23-17(19)21-11-7-5-6-8-12-22-18(20)24-14-10-16(3)4/h15-16H,5-14H2,1-4H3,(H3,19,21,23)(H3,20,22,24). The van der Waals surface area contributed by atoms with Crippen molar-refractivity contribution in [3.05, 3.63) is 0 Å². The number of aliphatic imine (C=N–C) groups is 2. The Morgan fingerprint density at radius 3 is 1.42 bits per heavy atom. The molecule has 0 aromatic carbocycles. The van der Waals surface area contributed by atoms with Gasteiger partial charge in [0.25, 0.3) is 0 Å². The van der Waals surface area contributed by atoms with Crippen LogP contribution in [-0.4, -0.2) is 38.1 Å². The van der Waals surface area contributed by atoms with Crippen molar-refractivity contribution in [3.63, 3.8) is 0 Å². The van der Waals surface area contributed by atoms with E-state index in [0.29, 0.717) is 23.8 Å². The van der Waals surface area contributed by atoms with Crippen molar-refractivity contribution < 1.29 is 0 Å². The van der Waals surface area contributed by atoms with E-state index in [1.54, 1.807) is 0 Å². The maximum atomic E-state index is 5.81. The van der Waals surface area contributed by atoms with Crippen LogP contribution in [0.15, 0.2) is 9.98 Å². The lowest BCUT2D eigenvalue weighted by molar-refractivity contribution is 0.575. The van der Waals surface area contributed by atoms with Gasteiger partial charge in [0, 0.05) is 26.2 Å². The lowest BCUT2D eigenvalue weighted by Crippen LogP contribution is -2.33. The summed E-state index contributed by atoms with van der Waals surface area (Å²) < 4.78 is 0. The van der Waals surface area contributed by atoms with Gasteiger partial charge in [-0.05, 0) is 37.5 Å². The second-order valence-electron chi connectivity index (χ2n) is 7.17. The molecule has 0 saturated heterocycles. The largest absolute Gasteiger partial charge is 0.370 e.